The maximum Gasteiger partial charge on any atom is 0.340 e. The van der Waals surface area contributed by atoms with Crippen LogP contribution in [0.2, 0.25) is 0 Å². The molecule has 0 aliphatic carbocycles. The minimum absolute atomic E-state index is 0.0147. The number of hydrogen-bond donors (Lipinski definition) is 2. The van der Waals surface area contributed by atoms with Crippen LogP contribution < -0.4 is 10.1 Å². The van der Waals surface area contributed by atoms with E-state index >= 15 is 0 Å². The number of carbonyl (C=O) groups is 3. The topological polar surface area (TPSA) is 107 Å². The summed E-state index contributed by atoms with van der Waals surface area (Å²) in [5.74, 6) is -1.71. The summed E-state index contributed by atoms with van der Waals surface area (Å²) in [4.78, 5) is 36.6. The Hall–Kier alpha value is -4.59. The lowest BCUT2D eigenvalue weighted by Crippen LogP contribution is -2.21. The molecule has 4 aromatic rings. The van der Waals surface area contributed by atoms with Gasteiger partial charge in [0.05, 0.1) is 28.9 Å². The second-order valence-corrected chi connectivity index (χ2v) is 7.72. The number of aromatic nitrogens is 1. The molecule has 0 saturated carbocycles. The predicted molar refractivity (Wildman–Crippen MR) is 131 cm³/mol. The number of carboxylic acid groups (broad SMARTS) is 1. The number of ether oxygens (including phenoxy) is 2. The highest BCUT2D eigenvalue weighted by Crippen LogP contribution is 2.32. The summed E-state index contributed by atoms with van der Waals surface area (Å²) in [5, 5.41) is 12.5. The monoisotopic (exact) mass is 472 g/mol. The third-order valence-corrected chi connectivity index (χ3v) is 5.47. The first-order valence-corrected chi connectivity index (χ1v) is 11.0. The summed E-state index contributed by atoms with van der Waals surface area (Å²) in [5.41, 5.74) is 3.02. The van der Waals surface area contributed by atoms with E-state index < -0.39 is 17.8 Å². The van der Waals surface area contributed by atoms with Crippen molar-refractivity contribution in [2.45, 2.75) is 13.8 Å². The highest BCUT2D eigenvalue weighted by Gasteiger charge is 2.22. The van der Waals surface area contributed by atoms with Gasteiger partial charge in [0.15, 0.2) is 6.61 Å². The van der Waals surface area contributed by atoms with Gasteiger partial charge < -0.3 is 24.5 Å². The molecule has 0 radical (unpaired) electrons. The maximum absolute atomic E-state index is 12.8. The third-order valence-electron chi connectivity index (χ3n) is 5.47. The Morgan fingerprint density at radius 2 is 1.69 bits per heavy atom. The molecule has 0 spiro atoms. The number of amides is 1. The van der Waals surface area contributed by atoms with Gasteiger partial charge in [-0.15, -0.1) is 0 Å². The largest absolute Gasteiger partial charge is 0.484 e. The fourth-order valence-corrected chi connectivity index (χ4v) is 3.97. The number of esters is 1. The Bertz CT molecular complexity index is 1410. The highest BCUT2D eigenvalue weighted by molar-refractivity contribution is 6.07. The molecule has 0 aliphatic heterocycles. The van der Waals surface area contributed by atoms with Crippen LogP contribution in [-0.4, -0.2) is 40.7 Å². The fourth-order valence-electron chi connectivity index (χ4n) is 3.97. The number of benzene rings is 3. The van der Waals surface area contributed by atoms with Crippen molar-refractivity contribution in [3.05, 3.63) is 89.6 Å². The highest BCUT2D eigenvalue weighted by atomic mass is 16.5. The molecule has 0 fully saturated rings. The van der Waals surface area contributed by atoms with Crippen LogP contribution in [-0.2, 0) is 9.53 Å². The smallest absolute Gasteiger partial charge is 0.340 e. The molecular weight excluding hydrogens is 448 g/mol. The van der Waals surface area contributed by atoms with Crippen molar-refractivity contribution in [3.63, 3.8) is 0 Å². The van der Waals surface area contributed by atoms with Gasteiger partial charge in [-0.25, -0.2) is 9.59 Å². The van der Waals surface area contributed by atoms with Gasteiger partial charge in [-0.2, -0.15) is 0 Å². The van der Waals surface area contributed by atoms with E-state index in [2.05, 4.69) is 5.32 Å². The molecule has 2 N–H and O–H groups in total. The van der Waals surface area contributed by atoms with Gasteiger partial charge in [0.1, 0.15) is 5.75 Å². The molecule has 1 aromatic heterocycles. The SMILES string of the molecule is CCOC(=O)c1c(C)n(-c2ccccc2)c2ccc(OCC(=O)Nc3ccccc3C(=O)O)cc12. The van der Waals surface area contributed by atoms with Crippen molar-refractivity contribution < 1.29 is 29.0 Å². The number of rotatable bonds is 8. The maximum atomic E-state index is 12.8. The minimum atomic E-state index is -1.14. The lowest BCUT2D eigenvalue weighted by atomic mass is 10.1. The van der Waals surface area contributed by atoms with Crippen LogP contribution >= 0.6 is 0 Å². The first-order chi connectivity index (χ1) is 16.9. The van der Waals surface area contributed by atoms with Crippen LogP contribution in [0.1, 0.15) is 33.3 Å². The van der Waals surface area contributed by atoms with Crippen molar-refractivity contribution in [1.82, 2.24) is 4.57 Å². The lowest BCUT2D eigenvalue weighted by molar-refractivity contribution is -0.118. The molecule has 178 valence electrons. The zero-order valence-electron chi connectivity index (χ0n) is 19.3. The number of para-hydroxylation sites is 2. The lowest BCUT2D eigenvalue weighted by Gasteiger charge is -2.10. The second-order valence-electron chi connectivity index (χ2n) is 7.72. The summed E-state index contributed by atoms with van der Waals surface area (Å²) >= 11 is 0. The van der Waals surface area contributed by atoms with Crippen LogP contribution in [0.15, 0.2) is 72.8 Å². The number of nitrogens with one attached hydrogen (secondary N) is 1. The number of aromatic carboxylic acids is 1. The minimum Gasteiger partial charge on any atom is -0.484 e. The van der Waals surface area contributed by atoms with Crippen molar-refractivity contribution in [2.24, 2.45) is 0 Å². The van der Waals surface area contributed by atoms with Crippen LogP contribution in [0.25, 0.3) is 16.6 Å². The number of hydrogen-bond acceptors (Lipinski definition) is 5. The summed E-state index contributed by atoms with van der Waals surface area (Å²) in [7, 11) is 0. The molecule has 35 heavy (non-hydrogen) atoms. The fraction of sp³-hybridized carbons (Fsp3) is 0.148. The Balaban J connectivity index is 1.63. The Kier molecular flexibility index (Phi) is 6.82. The van der Waals surface area contributed by atoms with Crippen molar-refractivity contribution in [2.75, 3.05) is 18.5 Å². The van der Waals surface area contributed by atoms with Crippen molar-refractivity contribution in [1.29, 1.82) is 0 Å². The summed E-state index contributed by atoms with van der Waals surface area (Å²) in [6.07, 6.45) is 0. The molecule has 0 aliphatic rings. The Morgan fingerprint density at radius 3 is 2.40 bits per heavy atom. The average Bonchev–Trinajstić information content (AvgIpc) is 3.14. The van der Waals surface area contributed by atoms with Crippen LogP contribution in [0.4, 0.5) is 5.69 Å². The molecule has 0 atom stereocenters. The van der Waals surface area contributed by atoms with Gasteiger partial charge in [-0.3, -0.25) is 4.79 Å². The molecule has 4 rings (SSSR count). The van der Waals surface area contributed by atoms with Gasteiger partial charge in [-0.1, -0.05) is 30.3 Å². The van der Waals surface area contributed by atoms with E-state index in [4.69, 9.17) is 9.47 Å². The quantitative estimate of drug-likeness (QED) is 0.356. The van der Waals surface area contributed by atoms with Crippen molar-refractivity contribution in [3.8, 4) is 11.4 Å². The molecule has 1 amide bonds. The average molecular weight is 472 g/mol. The van der Waals surface area contributed by atoms with Crippen molar-refractivity contribution >= 4 is 34.4 Å². The third kappa shape index (κ3) is 4.86. The number of fused-ring (bicyclic) bond motifs is 1. The summed E-state index contributed by atoms with van der Waals surface area (Å²) < 4.78 is 12.9. The molecule has 8 nitrogen and oxygen atoms in total. The molecule has 1 heterocycles. The van der Waals surface area contributed by atoms with Gasteiger partial charge in [0.25, 0.3) is 5.91 Å². The molecular formula is C27H24N2O6. The molecule has 0 bridgehead atoms. The van der Waals surface area contributed by atoms with E-state index in [1.165, 1.54) is 12.1 Å². The standard InChI is InChI=1S/C27H24N2O6/c1-3-34-27(33)25-17(2)29(18-9-5-4-6-10-18)23-14-13-19(15-21(23)25)35-16-24(30)28-22-12-8-7-11-20(22)26(31)32/h4-15H,3,16H2,1-2H3,(H,28,30)(H,31,32). The summed E-state index contributed by atoms with van der Waals surface area (Å²) in [6.45, 7) is 3.50. The first kappa shape index (κ1) is 23.6. The van der Waals surface area contributed by atoms with E-state index in [9.17, 15) is 19.5 Å². The van der Waals surface area contributed by atoms with Crippen LogP contribution in [0, 0.1) is 6.92 Å². The number of nitrogens with zero attached hydrogens (tertiary/aromatic N) is 1. The normalized spacial score (nSPS) is 10.7. The Labute approximate surface area is 201 Å². The predicted octanol–water partition coefficient (Wildman–Crippen LogP) is 4.83. The number of carbonyl (C=O) groups excluding carboxylic acids is 2. The zero-order chi connectivity index (χ0) is 24.9. The van der Waals surface area contributed by atoms with E-state index in [1.807, 2.05) is 47.9 Å². The van der Waals surface area contributed by atoms with Gasteiger partial charge >= 0.3 is 11.9 Å². The molecule has 3 aromatic carbocycles. The van der Waals surface area contributed by atoms with E-state index in [0.717, 1.165) is 16.9 Å². The van der Waals surface area contributed by atoms with E-state index in [0.29, 0.717) is 16.7 Å². The molecule has 8 heteroatoms. The zero-order valence-corrected chi connectivity index (χ0v) is 19.3. The van der Waals surface area contributed by atoms with Gasteiger partial charge in [0.2, 0.25) is 0 Å². The van der Waals surface area contributed by atoms with Crippen LogP contribution in [0.3, 0.4) is 0 Å². The molecule has 0 unspecified atom stereocenters. The number of carboxylic acids is 1. The number of anilines is 1. The second kappa shape index (κ2) is 10.1. The first-order valence-electron chi connectivity index (χ1n) is 11.0. The molecule has 0 saturated heterocycles. The Morgan fingerprint density at radius 1 is 0.971 bits per heavy atom. The van der Waals surface area contributed by atoms with Crippen LogP contribution in [0.5, 0.6) is 5.75 Å². The summed E-state index contributed by atoms with van der Waals surface area (Å²) in [6, 6.07) is 21.0. The van der Waals surface area contributed by atoms with E-state index in [1.54, 1.807) is 31.2 Å². The van der Waals surface area contributed by atoms with Gasteiger partial charge in [0, 0.05) is 16.8 Å². The van der Waals surface area contributed by atoms with Gasteiger partial charge in [-0.05, 0) is 56.3 Å². The van der Waals surface area contributed by atoms with E-state index in [-0.39, 0.29) is 24.5 Å².